The van der Waals surface area contributed by atoms with Crippen molar-refractivity contribution in [2.75, 3.05) is 6.61 Å². The van der Waals surface area contributed by atoms with E-state index < -0.39 is 0 Å². The smallest absolute Gasteiger partial charge is 0.230 e. The molecule has 4 unspecified atom stereocenters. The van der Waals surface area contributed by atoms with Gasteiger partial charge in [-0.25, -0.2) is 0 Å². The lowest BCUT2D eigenvalue weighted by Gasteiger charge is -2.56. The van der Waals surface area contributed by atoms with E-state index in [9.17, 15) is 9.59 Å². The Hall–Kier alpha value is -0.940. The lowest BCUT2D eigenvalue weighted by atomic mass is 9.66. The molecule has 4 atom stereocenters. The highest BCUT2D eigenvalue weighted by Gasteiger charge is 2.58. The maximum absolute atomic E-state index is 12.6. The molecule has 0 bridgehead atoms. The standard InChI is InChI=1S/C16H24N2O3/c17-13-10-4-3-7-21-15(10)14(13)18-11(19)8-16(9-12(18)20)5-1-2-6-16/h10,13-15H,1-9,17H2. The van der Waals surface area contributed by atoms with Crippen molar-refractivity contribution >= 4 is 11.8 Å². The Morgan fingerprint density at radius 3 is 2.43 bits per heavy atom. The molecular formula is C16H24N2O3. The van der Waals surface area contributed by atoms with Gasteiger partial charge in [-0.1, -0.05) is 12.8 Å². The second-order valence-corrected chi connectivity index (χ2v) is 7.43. The van der Waals surface area contributed by atoms with Crippen LogP contribution in [0.15, 0.2) is 0 Å². The number of ether oxygens (including phenoxy) is 1. The molecule has 4 aliphatic rings. The number of likely N-dealkylation sites (tertiary alicyclic amines) is 1. The van der Waals surface area contributed by atoms with Crippen molar-refractivity contribution in [2.45, 2.75) is 69.6 Å². The molecule has 2 N–H and O–H groups in total. The zero-order valence-electron chi connectivity index (χ0n) is 12.4. The maximum atomic E-state index is 12.6. The van der Waals surface area contributed by atoms with E-state index in [0.29, 0.717) is 18.8 Å². The van der Waals surface area contributed by atoms with Crippen LogP contribution < -0.4 is 5.73 Å². The summed E-state index contributed by atoms with van der Waals surface area (Å²) in [5.41, 5.74) is 6.22. The molecule has 5 heteroatoms. The molecule has 0 aromatic heterocycles. The molecule has 2 amide bonds. The number of carbonyl (C=O) groups excluding carboxylic acids is 2. The number of piperidine rings is 1. The second-order valence-electron chi connectivity index (χ2n) is 7.43. The fourth-order valence-electron chi connectivity index (χ4n) is 5.06. The van der Waals surface area contributed by atoms with E-state index in [2.05, 4.69) is 0 Å². The molecule has 2 heterocycles. The van der Waals surface area contributed by atoms with Gasteiger partial charge in [0.1, 0.15) is 0 Å². The Kier molecular flexibility index (Phi) is 3.12. The van der Waals surface area contributed by atoms with Gasteiger partial charge in [0.05, 0.1) is 12.1 Å². The lowest BCUT2D eigenvalue weighted by Crippen LogP contribution is -2.74. The van der Waals surface area contributed by atoms with Crippen LogP contribution >= 0.6 is 0 Å². The van der Waals surface area contributed by atoms with Gasteiger partial charge in [-0.05, 0) is 31.1 Å². The Morgan fingerprint density at radius 1 is 1.10 bits per heavy atom. The number of hydrogen-bond donors (Lipinski definition) is 1. The summed E-state index contributed by atoms with van der Waals surface area (Å²) < 4.78 is 5.80. The third-order valence-electron chi connectivity index (χ3n) is 6.19. The third-order valence-corrected chi connectivity index (χ3v) is 6.19. The van der Waals surface area contributed by atoms with Crippen molar-refractivity contribution in [2.24, 2.45) is 17.1 Å². The number of nitrogens with two attached hydrogens (primary N) is 1. The van der Waals surface area contributed by atoms with Crippen LogP contribution in [0.2, 0.25) is 0 Å². The average molecular weight is 292 g/mol. The van der Waals surface area contributed by atoms with Crippen molar-refractivity contribution in [1.29, 1.82) is 0 Å². The Bertz CT molecular complexity index is 452. The quantitative estimate of drug-likeness (QED) is 0.737. The Morgan fingerprint density at radius 2 is 1.76 bits per heavy atom. The Labute approximate surface area is 125 Å². The molecule has 5 nitrogen and oxygen atoms in total. The van der Waals surface area contributed by atoms with Crippen LogP contribution in [0.4, 0.5) is 0 Å². The summed E-state index contributed by atoms with van der Waals surface area (Å²) in [5.74, 6) is 0.300. The highest BCUT2D eigenvalue weighted by molar-refractivity contribution is 5.99. The van der Waals surface area contributed by atoms with Crippen LogP contribution in [-0.2, 0) is 14.3 Å². The van der Waals surface area contributed by atoms with Gasteiger partial charge >= 0.3 is 0 Å². The molecule has 2 aliphatic carbocycles. The molecule has 21 heavy (non-hydrogen) atoms. The highest BCUT2D eigenvalue weighted by atomic mass is 16.5. The lowest BCUT2D eigenvalue weighted by molar-refractivity contribution is -0.184. The summed E-state index contributed by atoms with van der Waals surface area (Å²) in [6.45, 7) is 0.727. The van der Waals surface area contributed by atoms with Crippen molar-refractivity contribution in [3.05, 3.63) is 0 Å². The summed E-state index contributed by atoms with van der Waals surface area (Å²) in [5, 5.41) is 0. The number of nitrogens with zero attached hydrogens (tertiary/aromatic N) is 1. The van der Waals surface area contributed by atoms with E-state index in [4.69, 9.17) is 10.5 Å². The highest BCUT2D eigenvalue weighted by Crippen LogP contribution is 2.49. The van der Waals surface area contributed by atoms with Gasteiger partial charge in [0, 0.05) is 31.4 Å². The monoisotopic (exact) mass is 292 g/mol. The van der Waals surface area contributed by atoms with Gasteiger partial charge in [-0.3, -0.25) is 14.5 Å². The first-order valence-corrected chi connectivity index (χ1v) is 8.33. The van der Waals surface area contributed by atoms with Gasteiger partial charge in [-0.2, -0.15) is 0 Å². The normalized spacial score (nSPS) is 42.0. The van der Waals surface area contributed by atoms with E-state index in [0.717, 1.165) is 45.1 Å². The summed E-state index contributed by atoms with van der Waals surface area (Å²) >= 11 is 0. The van der Waals surface area contributed by atoms with Gasteiger partial charge in [0.15, 0.2) is 0 Å². The fraction of sp³-hybridized carbons (Fsp3) is 0.875. The predicted molar refractivity (Wildman–Crippen MR) is 76.2 cm³/mol. The van der Waals surface area contributed by atoms with E-state index in [1.807, 2.05) is 0 Å². The largest absolute Gasteiger partial charge is 0.376 e. The SMILES string of the molecule is NC1C2CCCOC2C1N1C(=O)CC2(CCCC2)CC1=O. The number of imide groups is 1. The molecule has 4 fully saturated rings. The van der Waals surface area contributed by atoms with Gasteiger partial charge in [0.2, 0.25) is 11.8 Å². The van der Waals surface area contributed by atoms with Gasteiger partial charge in [-0.15, -0.1) is 0 Å². The van der Waals surface area contributed by atoms with Crippen molar-refractivity contribution in [1.82, 2.24) is 4.90 Å². The zero-order chi connectivity index (χ0) is 14.6. The first kappa shape index (κ1) is 13.7. The molecule has 2 aliphatic heterocycles. The minimum Gasteiger partial charge on any atom is -0.376 e. The molecule has 2 saturated heterocycles. The van der Waals surface area contributed by atoms with E-state index >= 15 is 0 Å². The molecule has 4 rings (SSSR count). The topological polar surface area (TPSA) is 72.6 Å². The summed E-state index contributed by atoms with van der Waals surface area (Å²) in [6.07, 6.45) is 7.48. The van der Waals surface area contributed by atoms with Crippen LogP contribution in [0.5, 0.6) is 0 Å². The summed E-state index contributed by atoms with van der Waals surface area (Å²) in [4.78, 5) is 26.7. The second kappa shape index (κ2) is 4.78. The number of hydrogen-bond acceptors (Lipinski definition) is 4. The average Bonchev–Trinajstić information content (AvgIpc) is 2.90. The summed E-state index contributed by atoms with van der Waals surface area (Å²) in [7, 11) is 0. The van der Waals surface area contributed by atoms with Gasteiger partial charge in [0.25, 0.3) is 0 Å². The number of rotatable bonds is 1. The van der Waals surface area contributed by atoms with E-state index in [1.54, 1.807) is 0 Å². The number of amides is 2. The van der Waals surface area contributed by atoms with E-state index in [1.165, 1.54) is 4.90 Å². The first-order valence-electron chi connectivity index (χ1n) is 8.33. The van der Waals surface area contributed by atoms with Gasteiger partial charge < -0.3 is 10.5 Å². The molecular weight excluding hydrogens is 268 g/mol. The van der Waals surface area contributed by atoms with Crippen LogP contribution in [0, 0.1) is 11.3 Å². The van der Waals surface area contributed by atoms with Crippen molar-refractivity contribution in [3.8, 4) is 0 Å². The molecule has 0 radical (unpaired) electrons. The molecule has 116 valence electrons. The van der Waals surface area contributed by atoms with Crippen LogP contribution in [0.25, 0.3) is 0 Å². The van der Waals surface area contributed by atoms with Crippen LogP contribution in [-0.4, -0.2) is 41.5 Å². The predicted octanol–water partition coefficient (Wildman–Crippen LogP) is 1.20. The minimum absolute atomic E-state index is 0.0128. The zero-order valence-corrected chi connectivity index (χ0v) is 12.4. The van der Waals surface area contributed by atoms with Crippen LogP contribution in [0.1, 0.15) is 51.4 Å². The fourth-order valence-corrected chi connectivity index (χ4v) is 5.06. The maximum Gasteiger partial charge on any atom is 0.230 e. The Balaban J connectivity index is 1.53. The molecule has 0 aromatic rings. The van der Waals surface area contributed by atoms with E-state index in [-0.39, 0.29) is 35.4 Å². The minimum atomic E-state index is -0.214. The molecule has 1 spiro atoms. The van der Waals surface area contributed by atoms with Crippen molar-refractivity contribution in [3.63, 3.8) is 0 Å². The molecule has 0 aromatic carbocycles. The summed E-state index contributed by atoms with van der Waals surface area (Å²) in [6, 6.07) is -0.310. The van der Waals surface area contributed by atoms with Crippen molar-refractivity contribution < 1.29 is 14.3 Å². The number of carbonyl (C=O) groups is 2. The first-order chi connectivity index (χ1) is 10.1. The third kappa shape index (κ3) is 1.97. The molecule has 2 saturated carbocycles. The number of fused-ring (bicyclic) bond motifs is 1. The van der Waals surface area contributed by atoms with Crippen LogP contribution in [0.3, 0.4) is 0 Å².